The van der Waals surface area contributed by atoms with Crippen LogP contribution in [0.25, 0.3) is 6.08 Å². The summed E-state index contributed by atoms with van der Waals surface area (Å²) in [6, 6.07) is 20.0. The number of ether oxygens (including phenoxy) is 2. The predicted octanol–water partition coefficient (Wildman–Crippen LogP) is 7.73. The number of amides is 4. The van der Waals surface area contributed by atoms with Gasteiger partial charge >= 0.3 is 17.9 Å². The van der Waals surface area contributed by atoms with E-state index in [2.05, 4.69) is 6.58 Å². The first-order valence-electron chi connectivity index (χ1n) is 13.8. The molecule has 1 saturated heterocycles. The number of methoxy groups -OCH3 is 1. The summed E-state index contributed by atoms with van der Waals surface area (Å²) in [5.74, 6) is -2.33. The van der Waals surface area contributed by atoms with Gasteiger partial charge in [-0.25, -0.2) is 14.6 Å². The van der Waals surface area contributed by atoms with Crippen LogP contribution in [0.2, 0.25) is 0 Å². The fourth-order valence-corrected chi connectivity index (χ4v) is 4.88. The van der Waals surface area contributed by atoms with Gasteiger partial charge < -0.3 is 9.47 Å². The van der Waals surface area contributed by atoms with Crippen LogP contribution < -0.4 is 19.3 Å². The van der Waals surface area contributed by atoms with Crippen molar-refractivity contribution in [2.24, 2.45) is 0 Å². The average Bonchev–Trinajstić information content (AvgIpc) is 3.04. The Labute approximate surface area is 265 Å². The third kappa shape index (κ3) is 6.45. The van der Waals surface area contributed by atoms with Gasteiger partial charge in [-0.2, -0.15) is 13.2 Å². The summed E-state index contributed by atoms with van der Waals surface area (Å²) in [5, 5.41) is 11.7. The number of carbonyl (C=O) groups is 3. The van der Waals surface area contributed by atoms with Crippen molar-refractivity contribution < 1.29 is 42.0 Å². The van der Waals surface area contributed by atoms with Gasteiger partial charge in [-0.15, -0.1) is 6.58 Å². The van der Waals surface area contributed by atoms with E-state index in [9.17, 15) is 37.7 Å². The van der Waals surface area contributed by atoms with E-state index < -0.39 is 45.9 Å². The molecular weight excluding hydrogens is 619 g/mol. The number of alkyl halides is 3. The van der Waals surface area contributed by atoms with E-state index in [1.165, 1.54) is 31.4 Å². The molecule has 5 rings (SSSR count). The highest BCUT2D eigenvalue weighted by atomic mass is 19.4. The zero-order chi connectivity index (χ0) is 33.9. The Kier molecular flexibility index (Phi) is 8.90. The van der Waals surface area contributed by atoms with Crippen LogP contribution in [0.4, 0.5) is 35.0 Å². The lowest BCUT2D eigenvalue weighted by Gasteiger charge is -2.34. The lowest BCUT2D eigenvalue weighted by molar-refractivity contribution is -0.385. The number of nitro groups is 1. The van der Waals surface area contributed by atoms with Crippen LogP contribution in [0.1, 0.15) is 16.7 Å². The van der Waals surface area contributed by atoms with Gasteiger partial charge in [0.1, 0.15) is 5.57 Å². The molecule has 4 aromatic rings. The van der Waals surface area contributed by atoms with Crippen molar-refractivity contribution in [2.45, 2.75) is 12.6 Å². The van der Waals surface area contributed by atoms with Crippen molar-refractivity contribution in [3.8, 4) is 17.2 Å². The molecule has 1 aliphatic heterocycles. The van der Waals surface area contributed by atoms with Gasteiger partial charge in [0.15, 0.2) is 11.5 Å². The van der Waals surface area contributed by atoms with E-state index in [0.717, 1.165) is 15.9 Å². The van der Waals surface area contributed by atoms with Crippen LogP contribution in [-0.2, 0) is 22.2 Å². The monoisotopic (exact) mass is 643 g/mol. The van der Waals surface area contributed by atoms with Gasteiger partial charge in [0.2, 0.25) is 5.75 Å². The first-order chi connectivity index (χ1) is 22.4. The Balaban J connectivity index is 1.63. The standard InChI is InChI=1S/C34H24F3N3O7/c1-3-10-22-17-21(19-29(46-2)30(22)47-28-16-15-23(34(35,36)37)20-27(28)40(44)45)18-26-31(41)38(24-11-6-4-7-12-24)33(43)39(32(26)42)25-13-8-5-9-14-25/h3-9,11-20H,1,10H2,2H3. The van der Waals surface area contributed by atoms with Crippen molar-refractivity contribution in [3.63, 3.8) is 0 Å². The Morgan fingerprint density at radius 3 is 1.91 bits per heavy atom. The smallest absolute Gasteiger partial charge is 0.416 e. The topological polar surface area (TPSA) is 119 Å². The number of para-hydroxylation sites is 2. The van der Waals surface area contributed by atoms with Gasteiger partial charge in [-0.3, -0.25) is 19.7 Å². The SMILES string of the molecule is C=CCc1cc(C=C2C(=O)N(c3ccccc3)C(=O)N(c3ccccc3)C2=O)cc(OC)c1Oc1ccc(C(F)(F)F)cc1[N+](=O)[O-]. The quantitative estimate of drug-likeness (QED) is 0.0602. The lowest BCUT2D eigenvalue weighted by Crippen LogP contribution is -2.57. The van der Waals surface area contributed by atoms with Gasteiger partial charge in [0.25, 0.3) is 11.8 Å². The molecule has 0 bridgehead atoms. The number of hydrogen-bond donors (Lipinski definition) is 0. The third-order valence-electron chi connectivity index (χ3n) is 7.02. The minimum absolute atomic E-state index is 0.0167. The molecule has 0 saturated carbocycles. The molecule has 0 aromatic heterocycles. The minimum Gasteiger partial charge on any atom is -0.493 e. The van der Waals surface area contributed by atoms with Crippen molar-refractivity contribution in [1.82, 2.24) is 0 Å². The van der Waals surface area contributed by atoms with Gasteiger partial charge in [0, 0.05) is 11.6 Å². The third-order valence-corrected chi connectivity index (χ3v) is 7.02. The maximum absolute atomic E-state index is 13.8. The fourth-order valence-electron chi connectivity index (χ4n) is 4.88. The highest BCUT2D eigenvalue weighted by molar-refractivity contribution is 6.46. The maximum atomic E-state index is 13.8. The van der Waals surface area contributed by atoms with Crippen LogP contribution in [0.15, 0.2) is 109 Å². The van der Waals surface area contributed by atoms with E-state index in [1.54, 1.807) is 60.7 Å². The molecule has 4 amide bonds. The molecule has 1 aliphatic rings. The number of nitrogens with zero attached hydrogens (tertiary/aromatic N) is 3. The summed E-state index contributed by atoms with van der Waals surface area (Å²) >= 11 is 0. The second-order valence-electron chi connectivity index (χ2n) is 10.0. The molecular formula is C34H24F3N3O7. The molecule has 10 nitrogen and oxygen atoms in total. The van der Waals surface area contributed by atoms with Crippen LogP contribution >= 0.6 is 0 Å². The molecule has 1 heterocycles. The maximum Gasteiger partial charge on any atom is 0.416 e. The highest BCUT2D eigenvalue weighted by Gasteiger charge is 2.43. The summed E-state index contributed by atoms with van der Waals surface area (Å²) in [7, 11) is 1.27. The number of rotatable bonds is 9. The molecule has 0 unspecified atom stereocenters. The van der Waals surface area contributed by atoms with E-state index in [0.29, 0.717) is 17.7 Å². The fraction of sp³-hybridized carbons (Fsp3) is 0.0882. The Morgan fingerprint density at radius 1 is 0.851 bits per heavy atom. The first kappa shape index (κ1) is 32.2. The molecule has 238 valence electrons. The molecule has 47 heavy (non-hydrogen) atoms. The number of imide groups is 2. The van der Waals surface area contributed by atoms with Gasteiger partial charge in [-0.05, 0) is 66.6 Å². The van der Waals surface area contributed by atoms with Gasteiger partial charge in [-0.1, -0.05) is 42.5 Å². The van der Waals surface area contributed by atoms with Crippen LogP contribution in [-0.4, -0.2) is 29.9 Å². The van der Waals surface area contributed by atoms with E-state index in [4.69, 9.17) is 9.47 Å². The second-order valence-corrected chi connectivity index (χ2v) is 10.0. The molecule has 0 radical (unpaired) electrons. The Hall–Kier alpha value is -6.24. The minimum atomic E-state index is -4.82. The summed E-state index contributed by atoms with van der Waals surface area (Å²) in [6.45, 7) is 3.70. The summed E-state index contributed by atoms with van der Waals surface area (Å²) in [5.41, 5.74) is -1.50. The van der Waals surface area contributed by atoms with Crippen molar-refractivity contribution >= 4 is 41.0 Å². The molecule has 4 aromatic carbocycles. The van der Waals surface area contributed by atoms with Crippen LogP contribution in [0.3, 0.4) is 0 Å². The molecule has 0 aliphatic carbocycles. The van der Waals surface area contributed by atoms with Crippen molar-refractivity contribution in [2.75, 3.05) is 16.9 Å². The number of benzene rings is 4. The number of halogens is 3. The van der Waals surface area contributed by atoms with E-state index >= 15 is 0 Å². The van der Waals surface area contributed by atoms with E-state index in [1.807, 2.05) is 0 Å². The van der Waals surface area contributed by atoms with E-state index in [-0.39, 0.29) is 40.4 Å². The molecule has 13 heteroatoms. The number of urea groups is 1. The number of hydrogen-bond acceptors (Lipinski definition) is 7. The zero-order valence-corrected chi connectivity index (χ0v) is 24.6. The molecule has 0 spiro atoms. The first-order valence-corrected chi connectivity index (χ1v) is 13.8. The Bertz CT molecular complexity index is 1860. The van der Waals surface area contributed by atoms with Crippen LogP contribution in [0, 0.1) is 10.1 Å². The number of allylic oxidation sites excluding steroid dienone is 1. The van der Waals surface area contributed by atoms with Gasteiger partial charge in [0.05, 0.1) is 29.0 Å². The zero-order valence-electron chi connectivity index (χ0n) is 24.6. The van der Waals surface area contributed by atoms with Crippen LogP contribution in [0.5, 0.6) is 17.2 Å². The largest absolute Gasteiger partial charge is 0.493 e. The molecule has 1 fully saturated rings. The highest BCUT2D eigenvalue weighted by Crippen LogP contribution is 2.43. The van der Waals surface area contributed by atoms with Crippen molar-refractivity contribution in [1.29, 1.82) is 0 Å². The summed E-state index contributed by atoms with van der Waals surface area (Å²) in [4.78, 5) is 53.6. The normalized spacial score (nSPS) is 13.4. The number of carbonyl (C=O) groups excluding carboxylic acids is 3. The Morgan fingerprint density at radius 2 is 1.43 bits per heavy atom. The summed E-state index contributed by atoms with van der Waals surface area (Å²) < 4.78 is 51.0. The number of nitro benzene ring substituents is 1. The summed E-state index contributed by atoms with van der Waals surface area (Å²) in [6.07, 6.45) is -2.00. The van der Waals surface area contributed by atoms with Crippen molar-refractivity contribution in [3.05, 3.63) is 136 Å². The second kappa shape index (κ2) is 13.0. The lowest BCUT2D eigenvalue weighted by atomic mass is 10.0. The predicted molar refractivity (Wildman–Crippen MR) is 166 cm³/mol. The molecule has 0 atom stereocenters. The number of anilines is 2. The number of barbiturate groups is 1. The average molecular weight is 644 g/mol. The molecule has 0 N–H and O–H groups in total.